The zero-order valence-corrected chi connectivity index (χ0v) is 24.2. The molecule has 0 atom stereocenters. The number of carboxylic acids is 1. The lowest BCUT2D eigenvalue weighted by Crippen LogP contribution is -2.31. The number of ether oxygens (including phenoxy) is 3. The molecule has 0 spiro atoms. The Kier molecular flexibility index (Phi) is 9.43. The monoisotopic (exact) mass is 614 g/mol. The summed E-state index contributed by atoms with van der Waals surface area (Å²) in [6.07, 6.45) is 1.46. The maximum atomic E-state index is 14.0. The molecule has 2 amide bonds. The van der Waals surface area contributed by atoms with E-state index in [-0.39, 0.29) is 39.2 Å². The predicted molar refractivity (Wildman–Crippen MR) is 158 cm³/mol. The lowest BCUT2D eigenvalue weighted by molar-refractivity contribution is -0.122. The smallest absolute Gasteiger partial charge is 0.335 e. The number of carbonyl (C=O) groups is 3. The molecule has 1 saturated heterocycles. The molecule has 42 heavy (non-hydrogen) atoms. The Morgan fingerprint density at radius 1 is 0.976 bits per heavy atom. The minimum absolute atomic E-state index is 0.000330. The van der Waals surface area contributed by atoms with Crippen molar-refractivity contribution in [3.63, 3.8) is 0 Å². The van der Waals surface area contributed by atoms with Crippen LogP contribution in [-0.2, 0) is 9.59 Å². The molecule has 3 aromatic carbocycles. The fourth-order valence-corrected chi connectivity index (χ4v) is 5.41. The third kappa shape index (κ3) is 6.52. The zero-order chi connectivity index (χ0) is 30.6. The summed E-state index contributed by atoms with van der Waals surface area (Å²) in [6, 6.07) is 10.7. The third-order valence-corrected chi connectivity index (χ3v) is 7.61. The Balaban J connectivity index is 1.53. The van der Waals surface area contributed by atoms with Crippen LogP contribution in [-0.4, -0.2) is 60.0 Å². The second kappa shape index (κ2) is 13.0. The van der Waals surface area contributed by atoms with Crippen molar-refractivity contribution in [2.45, 2.75) is 6.42 Å². The Labute approximate surface area is 249 Å². The third-order valence-electron chi connectivity index (χ3n) is 6.23. The second-order valence-corrected chi connectivity index (χ2v) is 10.5. The molecule has 4 rings (SSSR count). The Bertz CT molecular complexity index is 1630. The molecule has 0 aromatic heterocycles. The minimum Gasteiger partial charge on any atom is -0.496 e. The highest BCUT2D eigenvalue weighted by Gasteiger charge is 2.32. The Hall–Kier alpha value is -4.49. The number of carbonyl (C=O) groups excluding carboxylic acids is 2. The molecule has 218 valence electrons. The summed E-state index contributed by atoms with van der Waals surface area (Å²) in [5.41, 5.74) is 1.55. The maximum Gasteiger partial charge on any atom is 0.335 e. The van der Waals surface area contributed by atoms with E-state index in [1.165, 1.54) is 50.5 Å². The van der Waals surface area contributed by atoms with Crippen LogP contribution < -0.4 is 19.5 Å². The number of amides is 2. The van der Waals surface area contributed by atoms with Crippen LogP contribution in [0, 0.1) is 11.6 Å². The van der Waals surface area contributed by atoms with Gasteiger partial charge >= 0.3 is 5.97 Å². The SMILES string of the molecule is COc1cc(OC)c(-c2ccc(F)c(F)c2)cc1C=C1SC(=S)N(CCC(=O)Nc2ccc(C(=O)O)cc2OC)C1=O. The van der Waals surface area contributed by atoms with E-state index in [0.29, 0.717) is 28.2 Å². The maximum absolute atomic E-state index is 14.0. The van der Waals surface area contributed by atoms with Gasteiger partial charge in [0.25, 0.3) is 5.91 Å². The van der Waals surface area contributed by atoms with Crippen LogP contribution in [0.4, 0.5) is 14.5 Å². The van der Waals surface area contributed by atoms with Gasteiger partial charge in [-0.1, -0.05) is 30.0 Å². The van der Waals surface area contributed by atoms with Crippen molar-refractivity contribution in [2.24, 2.45) is 0 Å². The number of halogens is 2. The first-order chi connectivity index (χ1) is 20.1. The molecule has 2 N–H and O–H groups in total. The van der Waals surface area contributed by atoms with Crippen LogP contribution in [0.2, 0.25) is 0 Å². The predicted octanol–water partition coefficient (Wildman–Crippen LogP) is 5.59. The molecule has 1 aliphatic rings. The molecule has 0 unspecified atom stereocenters. The van der Waals surface area contributed by atoms with Crippen molar-refractivity contribution >= 4 is 57.8 Å². The topological polar surface area (TPSA) is 114 Å². The molecule has 0 aliphatic carbocycles. The van der Waals surface area contributed by atoms with E-state index in [9.17, 15) is 23.2 Å². The number of aromatic carboxylic acids is 1. The lowest BCUT2D eigenvalue weighted by Gasteiger charge is -2.15. The van der Waals surface area contributed by atoms with Gasteiger partial charge in [-0.25, -0.2) is 13.6 Å². The molecule has 0 radical (unpaired) electrons. The standard InChI is InChI=1S/C29H24F2N2O7S2/c1-38-22-14-23(39-2)18(15-4-6-19(30)20(31)11-15)10-17(22)13-25-27(35)33(29(41)42-25)9-8-26(34)32-21-7-5-16(28(36)37)12-24(21)40-3/h4-7,10-14H,8-9H2,1-3H3,(H,32,34)(H,36,37). The van der Waals surface area contributed by atoms with Gasteiger partial charge in [-0.15, -0.1) is 0 Å². The van der Waals surface area contributed by atoms with Crippen molar-refractivity contribution in [3.05, 3.63) is 76.2 Å². The van der Waals surface area contributed by atoms with E-state index in [0.717, 1.165) is 23.9 Å². The molecule has 0 bridgehead atoms. The van der Waals surface area contributed by atoms with E-state index < -0.39 is 29.4 Å². The average Bonchev–Trinajstić information content (AvgIpc) is 3.24. The van der Waals surface area contributed by atoms with Crippen LogP contribution in [0.25, 0.3) is 17.2 Å². The van der Waals surface area contributed by atoms with E-state index in [1.807, 2.05) is 0 Å². The van der Waals surface area contributed by atoms with E-state index in [4.69, 9.17) is 31.5 Å². The second-order valence-electron chi connectivity index (χ2n) is 8.78. The van der Waals surface area contributed by atoms with E-state index in [1.54, 1.807) is 18.2 Å². The van der Waals surface area contributed by atoms with Crippen LogP contribution in [0.15, 0.2) is 53.4 Å². The lowest BCUT2D eigenvalue weighted by atomic mass is 10.0. The number of hydrogen-bond acceptors (Lipinski definition) is 8. The van der Waals surface area contributed by atoms with Crippen LogP contribution >= 0.6 is 24.0 Å². The number of hydrogen-bond donors (Lipinski definition) is 2. The van der Waals surface area contributed by atoms with Gasteiger partial charge in [0.15, 0.2) is 11.6 Å². The normalized spacial score (nSPS) is 13.8. The van der Waals surface area contributed by atoms with Crippen LogP contribution in [0.1, 0.15) is 22.3 Å². The van der Waals surface area contributed by atoms with Crippen LogP contribution in [0.3, 0.4) is 0 Å². The molecule has 1 heterocycles. The molecule has 3 aromatic rings. The van der Waals surface area contributed by atoms with Gasteiger partial charge < -0.3 is 24.6 Å². The number of rotatable bonds is 10. The summed E-state index contributed by atoms with van der Waals surface area (Å²) in [4.78, 5) is 38.6. The van der Waals surface area contributed by atoms with E-state index >= 15 is 0 Å². The van der Waals surface area contributed by atoms with Gasteiger partial charge in [0.1, 0.15) is 21.6 Å². The van der Waals surface area contributed by atoms with Gasteiger partial charge in [-0.3, -0.25) is 14.5 Å². The molecular formula is C29H24F2N2O7S2. The fourth-order valence-electron chi connectivity index (χ4n) is 4.11. The molecule has 9 nitrogen and oxygen atoms in total. The van der Waals surface area contributed by atoms with Gasteiger partial charge in [-0.05, 0) is 48.0 Å². The first-order valence-corrected chi connectivity index (χ1v) is 13.5. The quantitative estimate of drug-likeness (QED) is 0.223. The summed E-state index contributed by atoms with van der Waals surface area (Å²) >= 11 is 6.44. The zero-order valence-electron chi connectivity index (χ0n) is 22.5. The summed E-state index contributed by atoms with van der Waals surface area (Å²) in [6.45, 7) is -0.0107. The largest absolute Gasteiger partial charge is 0.496 e. The number of anilines is 1. The summed E-state index contributed by atoms with van der Waals surface area (Å²) in [5, 5.41) is 11.8. The van der Waals surface area contributed by atoms with Gasteiger partial charge in [-0.2, -0.15) is 0 Å². The highest BCUT2D eigenvalue weighted by molar-refractivity contribution is 8.26. The number of thioether (sulfide) groups is 1. The number of nitrogens with zero attached hydrogens (tertiary/aromatic N) is 1. The van der Waals surface area contributed by atoms with Crippen molar-refractivity contribution < 1.29 is 42.5 Å². The number of carboxylic acid groups (broad SMARTS) is 1. The van der Waals surface area contributed by atoms with Gasteiger partial charge in [0, 0.05) is 30.2 Å². The first kappa shape index (κ1) is 30.5. The first-order valence-electron chi connectivity index (χ1n) is 12.2. The molecule has 1 aliphatic heterocycles. The molecule has 13 heteroatoms. The van der Waals surface area contributed by atoms with E-state index in [2.05, 4.69) is 5.32 Å². The molecule has 0 saturated carbocycles. The summed E-state index contributed by atoms with van der Waals surface area (Å²) in [7, 11) is 4.22. The van der Waals surface area contributed by atoms with Crippen molar-refractivity contribution in [2.75, 3.05) is 33.2 Å². The Morgan fingerprint density at radius 3 is 2.33 bits per heavy atom. The minimum atomic E-state index is -1.14. The number of nitrogens with one attached hydrogen (secondary N) is 1. The van der Waals surface area contributed by atoms with Crippen molar-refractivity contribution in [1.82, 2.24) is 4.90 Å². The van der Waals surface area contributed by atoms with Crippen LogP contribution in [0.5, 0.6) is 17.2 Å². The number of thiocarbonyl (C=S) groups is 1. The average molecular weight is 615 g/mol. The highest BCUT2D eigenvalue weighted by Crippen LogP contribution is 2.40. The van der Waals surface area contributed by atoms with Gasteiger partial charge in [0.05, 0.1) is 37.5 Å². The molecular weight excluding hydrogens is 590 g/mol. The number of methoxy groups -OCH3 is 3. The van der Waals surface area contributed by atoms with Crippen molar-refractivity contribution in [1.29, 1.82) is 0 Å². The van der Waals surface area contributed by atoms with Gasteiger partial charge in [0.2, 0.25) is 5.91 Å². The molecule has 1 fully saturated rings. The Morgan fingerprint density at radius 2 is 1.69 bits per heavy atom. The van der Waals surface area contributed by atoms with Crippen molar-refractivity contribution in [3.8, 4) is 28.4 Å². The fraction of sp³-hybridized carbons (Fsp3) is 0.172. The summed E-state index contributed by atoms with van der Waals surface area (Å²) in [5.74, 6) is -3.12. The highest BCUT2D eigenvalue weighted by atomic mass is 32.2. The number of benzene rings is 3. The summed E-state index contributed by atoms with van der Waals surface area (Å²) < 4.78 is 43.8.